The summed E-state index contributed by atoms with van der Waals surface area (Å²) in [6.45, 7) is 3.11. The number of carbonyl (C=O) groups excluding carboxylic acids is 3. The molecule has 142 valence electrons. The molecule has 1 fully saturated rings. The highest BCUT2D eigenvalue weighted by molar-refractivity contribution is 6.06. The van der Waals surface area contributed by atoms with Crippen molar-refractivity contribution in [3.63, 3.8) is 0 Å². The minimum Gasteiger partial charge on any atom is -0.462 e. The Hall–Kier alpha value is -3.34. The highest BCUT2D eigenvalue weighted by atomic mass is 16.5. The molecular weight excluding hydrogens is 348 g/mol. The molecule has 8 nitrogen and oxygen atoms in total. The van der Waals surface area contributed by atoms with E-state index in [1.54, 1.807) is 19.1 Å². The Kier molecular flexibility index (Phi) is 6.94. The molecule has 0 atom stereocenters. The van der Waals surface area contributed by atoms with Gasteiger partial charge in [0.1, 0.15) is 11.6 Å². The van der Waals surface area contributed by atoms with Crippen LogP contribution in [0.2, 0.25) is 0 Å². The van der Waals surface area contributed by atoms with Crippen molar-refractivity contribution < 1.29 is 19.1 Å². The summed E-state index contributed by atoms with van der Waals surface area (Å²) in [7, 11) is 0. The fourth-order valence-electron chi connectivity index (χ4n) is 2.74. The van der Waals surface area contributed by atoms with Crippen molar-refractivity contribution in [1.29, 1.82) is 5.26 Å². The zero-order valence-electron chi connectivity index (χ0n) is 15.1. The standard InChI is InChI=1S/C19H22N4O4/c1-2-27-19(26)14-3-5-16(6-4-14)22-18(25)15(11-20)12-23-9-7-13(8-10-23)17(21)24/h3-6,12-13H,2,7-10H2,1H3,(H2,21,24)(H,22,25)/b15-12-. The number of ether oxygens (including phenoxy) is 1. The number of amides is 2. The molecule has 0 spiro atoms. The average molecular weight is 370 g/mol. The number of nitrogens with zero attached hydrogens (tertiary/aromatic N) is 2. The Bertz CT molecular complexity index is 772. The fraction of sp³-hybridized carbons (Fsp3) is 0.368. The summed E-state index contributed by atoms with van der Waals surface area (Å²) in [4.78, 5) is 37.0. The van der Waals surface area contributed by atoms with E-state index in [4.69, 9.17) is 10.5 Å². The van der Waals surface area contributed by atoms with Gasteiger partial charge < -0.3 is 20.7 Å². The van der Waals surface area contributed by atoms with Crippen LogP contribution in [0.1, 0.15) is 30.1 Å². The summed E-state index contributed by atoms with van der Waals surface area (Å²) >= 11 is 0. The van der Waals surface area contributed by atoms with Crippen molar-refractivity contribution in [2.24, 2.45) is 11.7 Å². The second kappa shape index (κ2) is 9.38. The monoisotopic (exact) mass is 370 g/mol. The summed E-state index contributed by atoms with van der Waals surface area (Å²) < 4.78 is 4.90. The van der Waals surface area contributed by atoms with E-state index >= 15 is 0 Å². The van der Waals surface area contributed by atoms with Crippen molar-refractivity contribution in [3.8, 4) is 6.07 Å². The number of primary amides is 1. The number of nitrogens with one attached hydrogen (secondary N) is 1. The van der Waals surface area contributed by atoms with Crippen LogP contribution in [0.25, 0.3) is 0 Å². The van der Waals surface area contributed by atoms with E-state index in [2.05, 4.69) is 5.32 Å². The number of rotatable bonds is 6. The summed E-state index contributed by atoms with van der Waals surface area (Å²) in [6, 6.07) is 8.10. The second-order valence-corrected chi connectivity index (χ2v) is 6.12. The van der Waals surface area contributed by atoms with Gasteiger partial charge in [-0.2, -0.15) is 5.26 Å². The number of nitriles is 1. The van der Waals surface area contributed by atoms with Crippen LogP contribution in [-0.2, 0) is 14.3 Å². The Morgan fingerprint density at radius 2 is 1.93 bits per heavy atom. The summed E-state index contributed by atoms with van der Waals surface area (Å²) in [5, 5.41) is 11.9. The number of nitrogens with two attached hydrogens (primary N) is 1. The van der Waals surface area contributed by atoms with Gasteiger partial charge in [0.2, 0.25) is 5.91 Å². The van der Waals surface area contributed by atoms with Gasteiger partial charge in [0.25, 0.3) is 5.91 Å². The van der Waals surface area contributed by atoms with E-state index in [9.17, 15) is 19.6 Å². The van der Waals surface area contributed by atoms with Crippen LogP contribution in [0.4, 0.5) is 5.69 Å². The van der Waals surface area contributed by atoms with E-state index in [1.807, 2.05) is 11.0 Å². The quantitative estimate of drug-likeness (QED) is 0.443. The molecule has 0 bridgehead atoms. The van der Waals surface area contributed by atoms with Crippen LogP contribution in [0.5, 0.6) is 0 Å². The normalized spacial score (nSPS) is 15.0. The van der Waals surface area contributed by atoms with E-state index < -0.39 is 11.9 Å². The topological polar surface area (TPSA) is 126 Å². The number of benzene rings is 1. The van der Waals surface area contributed by atoms with Gasteiger partial charge in [-0.15, -0.1) is 0 Å². The lowest BCUT2D eigenvalue weighted by Crippen LogP contribution is -2.36. The van der Waals surface area contributed by atoms with Crippen molar-refractivity contribution in [3.05, 3.63) is 41.6 Å². The van der Waals surface area contributed by atoms with E-state index in [0.29, 0.717) is 37.2 Å². The number of hydrogen-bond acceptors (Lipinski definition) is 6. The molecule has 1 aliphatic rings. The van der Waals surface area contributed by atoms with E-state index in [-0.39, 0.29) is 24.0 Å². The Labute approximate surface area is 157 Å². The summed E-state index contributed by atoms with van der Waals surface area (Å²) in [5.74, 6) is -1.46. The number of anilines is 1. The number of piperidine rings is 1. The van der Waals surface area contributed by atoms with Gasteiger partial charge in [0.05, 0.1) is 12.2 Å². The smallest absolute Gasteiger partial charge is 0.338 e. The maximum absolute atomic E-state index is 12.3. The fourth-order valence-corrected chi connectivity index (χ4v) is 2.74. The molecule has 0 saturated carbocycles. The predicted molar refractivity (Wildman–Crippen MR) is 98.2 cm³/mol. The molecule has 1 aromatic carbocycles. The van der Waals surface area contributed by atoms with Crippen molar-refractivity contribution >= 4 is 23.5 Å². The molecule has 0 aliphatic carbocycles. The minimum atomic E-state index is -0.543. The van der Waals surface area contributed by atoms with Gasteiger partial charge >= 0.3 is 5.97 Å². The highest BCUT2D eigenvalue weighted by Gasteiger charge is 2.22. The molecule has 2 amide bonds. The SMILES string of the molecule is CCOC(=O)c1ccc(NC(=O)/C(C#N)=C\N2CCC(C(N)=O)CC2)cc1. The maximum Gasteiger partial charge on any atom is 0.338 e. The van der Waals surface area contributed by atoms with Crippen LogP contribution in [-0.4, -0.2) is 42.4 Å². The minimum absolute atomic E-state index is 0.0398. The lowest BCUT2D eigenvalue weighted by molar-refractivity contribution is -0.123. The molecule has 1 aromatic rings. The molecule has 1 saturated heterocycles. The average Bonchev–Trinajstić information content (AvgIpc) is 2.67. The second-order valence-electron chi connectivity index (χ2n) is 6.12. The van der Waals surface area contributed by atoms with Crippen molar-refractivity contribution in [1.82, 2.24) is 4.90 Å². The number of carbonyl (C=O) groups is 3. The van der Waals surface area contributed by atoms with Crippen LogP contribution >= 0.6 is 0 Å². The van der Waals surface area contributed by atoms with Crippen LogP contribution in [0.3, 0.4) is 0 Å². The zero-order valence-corrected chi connectivity index (χ0v) is 15.1. The van der Waals surface area contributed by atoms with Crippen molar-refractivity contribution in [2.45, 2.75) is 19.8 Å². The summed E-state index contributed by atoms with van der Waals surface area (Å²) in [6.07, 6.45) is 2.70. The van der Waals surface area contributed by atoms with Gasteiger partial charge in [-0.05, 0) is 44.0 Å². The molecule has 0 radical (unpaired) electrons. The van der Waals surface area contributed by atoms with E-state index in [1.165, 1.54) is 18.3 Å². The first-order chi connectivity index (χ1) is 12.9. The molecule has 1 aliphatic heterocycles. The molecule has 0 aromatic heterocycles. The van der Waals surface area contributed by atoms with Crippen LogP contribution < -0.4 is 11.1 Å². The number of likely N-dealkylation sites (tertiary alicyclic amines) is 1. The molecule has 27 heavy (non-hydrogen) atoms. The van der Waals surface area contributed by atoms with Crippen LogP contribution in [0, 0.1) is 17.2 Å². The first-order valence-electron chi connectivity index (χ1n) is 8.68. The van der Waals surface area contributed by atoms with Gasteiger partial charge in [0.15, 0.2) is 0 Å². The predicted octanol–water partition coefficient (Wildman–Crippen LogP) is 1.41. The third kappa shape index (κ3) is 5.57. The molecule has 2 rings (SSSR count). The first kappa shape index (κ1) is 20.0. The van der Waals surface area contributed by atoms with Gasteiger partial charge in [0, 0.05) is 30.9 Å². The molecule has 0 unspecified atom stereocenters. The Morgan fingerprint density at radius 3 is 2.44 bits per heavy atom. The van der Waals surface area contributed by atoms with E-state index in [0.717, 1.165) is 0 Å². The Balaban J connectivity index is 1.98. The summed E-state index contributed by atoms with van der Waals surface area (Å²) in [5.41, 5.74) is 6.10. The molecule has 1 heterocycles. The van der Waals surface area contributed by atoms with Gasteiger partial charge in [-0.25, -0.2) is 4.79 Å². The molecular formula is C19H22N4O4. The van der Waals surface area contributed by atoms with Gasteiger partial charge in [-0.1, -0.05) is 0 Å². The lowest BCUT2D eigenvalue weighted by atomic mass is 9.96. The number of esters is 1. The third-order valence-corrected chi connectivity index (χ3v) is 4.26. The highest BCUT2D eigenvalue weighted by Crippen LogP contribution is 2.18. The largest absolute Gasteiger partial charge is 0.462 e. The zero-order chi connectivity index (χ0) is 19.8. The van der Waals surface area contributed by atoms with Gasteiger partial charge in [-0.3, -0.25) is 9.59 Å². The molecule has 3 N–H and O–H groups in total. The Morgan fingerprint density at radius 1 is 1.30 bits per heavy atom. The van der Waals surface area contributed by atoms with Crippen LogP contribution in [0.15, 0.2) is 36.0 Å². The third-order valence-electron chi connectivity index (χ3n) is 4.26. The lowest BCUT2D eigenvalue weighted by Gasteiger charge is -2.29. The molecule has 8 heteroatoms. The first-order valence-corrected chi connectivity index (χ1v) is 8.68. The van der Waals surface area contributed by atoms with Crippen molar-refractivity contribution in [2.75, 3.05) is 25.0 Å². The maximum atomic E-state index is 12.3. The number of hydrogen-bond donors (Lipinski definition) is 2.